The molecular weight excluding hydrogens is 276 g/mol. The van der Waals surface area contributed by atoms with Gasteiger partial charge < -0.3 is 10.4 Å². The maximum absolute atomic E-state index is 12.1. The van der Waals surface area contributed by atoms with Crippen molar-refractivity contribution in [3.05, 3.63) is 39.4 Å². The van der Waals surface area contributed by atoms with Crippen LogP contribution in [0.4, 0.5) is 5.69 Å². The quantitative estimate of drug-likeness (QED) is 0.653. The number of aryl methyl sites for hydroxylation is 1. The van der Waals surface area contributed by atoms with Crippen LogP contribution in [0.25, 0.3) is 0 Å². The molecule has 0 aliphatic rings. The molecule has 1 amide bonds. The number of carbonyl (C=O) groups is 2. The number of benzene rings is 1. The van der Waals surface area contributed by atoms with Crippen LogP contribution in [-0.2, 0) is 4.79 Å². The minimum atomic E-state index is -1.15. The van der Waals surface area contributed by atoms with E-state index in [-0.39, 0.29) is 11.3 Å². The molecule has 21 heavy (non-hydrogen) atoms. The first-order valence-electron chi connectivity index (χ1n) is 6.32. The Morgan fingerprint density at radius 1 is 1.29 bits per heavy atom. The molecule has 1 atom stereocenters. The zero-order valence-electron chi connectivity index (χ0n) is 12.3. The molecule has 0 spiro atoms. The lowest BCUT2D eigenvalue weighted by atomic mass is 9.86. The average Bonchev–Trinajstić information content (AvgIpc) is 2.32. The summed E-state index contributed by atoms with van der Waals surface area (Å²) in [6.07, 6.45) is 0. The highest BCUT2D eigenvalue weighted by atomic mass is 16.6. The van der Waals surface area contributed by atoms with Crippen molar-refractivity contribution in [3.8, 4) is 0 Å². The van der Waals surface area contributed by atoms with E-state index in [1.165, 1.54) is 12.1 Å². The lowest BCUT2D eigenvalue weighted by Gasteiger charge is -2.27. The molecule has 0 heterocycles. The Hall–Kier alpha value is -2.44. The van der Waals surface area contributed by atoms with E-state index in [4.69, 9.17) is 0 Å². The van der Waals surface area contributed by atoms with Crippen LogP contribution in [0.5, 0.6) is 0 Å². The second-order valence-electron chi connectivity index (χ2n) is 5.93. The first-order valence-corrected chi connectivity index (χ1v) is 6.32. The third-order valence-corrected chi connectivity index (χ3v) is 2.92. The first kappa shape index (κ1) is 16.6. The fourth-order valence-corrected chi connectivity index (χ4v) is 1.86. The summed E-state index contributed by atoms with van der Waals surface area (Å²) in [5.41, 5.74) is -0.269. The SMILES string of the molecule is Cc1cc(C(=O)N[C@H](C(=O)O)C(C)(C)C)cc([N+](=O)[O-])c1. The van der Waals surface area contributed by atoms with Crippen molar-refractivity contribution in [2.75, 3.05) is 0 Å². The molecule has 1 aromatic rings. The number of nitrogens with zero attached hydrogens (tertiary/aromatic N) is 1. The van der Waals surface area contributed by atoms with Crippen molar-refractivity contribution in [1.29, 1.82) is 0 Å². The van der Waals surface area contributed by atoms with Crippen LogP contribution in [0.3, 0.4) is 0 Å². The molecule has 0 aromatic heterocycles. The number of hydrogen-bond donors (Lipinski definition) is 2. The van der Waals surface area contributed by atoms with Gasteiger partial charge in [-0.05, 0) is 24.0 Å². The van der Waals surface area contributed by atoms with Gasteiger partial charge in [0.2, 0.25) is 0 Å². The predicted molar refractivity (Wildman–Crippen MR) is 76.2 cm³/mol. The van der Waals surface area contributed by atoms with E-state index in [9.17, 15) is 24.8 Å². The van der Waals surface area contributed by atoms with E-state index < -0.39 is 28.3 Å². The molecule has 0 saturated carbocycles. The number of nitro benzene ring substituents is 1. The highest BCUT2D eigenvalue weighted by Crippen LogP contribution is 2.21. The summed E-state index contributed by atoms with van der Waals surface area (Å²) in [5, 5.41) is 22.4. The van der Waals surface area contributed by atoms with Crippen LogP contribution < -0.4 is 5.32 Å². The van der Waals surface area contributed by atoms with E-state index in [0.717, 1.165) is 6.07 Å². The number of nitro groups is 1. The molecule has 0 fully saturated rings. The molecule has 0 aliphatic heterocycles. The van der Waals surface area contributed by atoms with Gasteiger partial charge in [0.15, 0.2) is 0 Å². The molecule has 0 radical (unpaired) electrons. The first-order chi connectivity index (χ1) is 9.52. The van der Waals surface area contributed by atoms with Crippen molar-refractivity contribution >= 4 is 17.6 Å². The monoisotopic (exact) mass is 294 g/mol. The molecule has 0 unspecified atom stereocenters. The minimum Gasteiger partial charge on any atom is -0.480 e. The summed E-state index contributed by atoms with van der Waals surface area (Å²) in [4.78, 5) is 33.6. The van der Waals surface area contributed by atoms with E-state index >= 15 is 0 Å². The minimum absolute atomic E-state index is 0.0669. The van der Waals surface area contributed by atoms with E-state index in [1.807, 2.05) is 0 Å². The zero-order chi connectivity index (χ0) is 16.4. The van der Waals surface area contributed by atoms with E-state index in [0.29, 0.717) is 5.56 Å². The third-order valence-electron chi connectivity index (χ3n) is 2.92. The number of nitrogens with one attached hydrogen (secondary N) is 1. The summed E-state index contributed by atoms with van der Waals surface area (Å²) in [5.74, 6) is -1.80. The van der Waals surface area contributed by atoms with Crippen LogP contribution in [0.15, 0.2) is 18.2 Å². The molecule has 0 bridgehead atoms. The summed E-state index contributed by atoms with van der Waals surface area (Å²) >= 11 is 0. The van der Waals surface area contributed by atoms with Gasteiger partial charge >= 0.3 is 5.97 Å². The standard InChI is InChI=1S/C14H18N2O5/c1-8-5-9(7-10(6-8)16(20)21)12(17)15-11(13(18)19)14(2,3)4/h5-7,11H,1-4H3,(H,15,17)(H,18,19)/t11-/m1/s1. The van der Waals surface area contributed by atoms with Crippen molar-refractivity contribution in [2.45, 2.75) is 33.7 Å². The van der Waals surface area contributed by atoms with Gasteiger partial charge in [0.25, 0.3) is 11.6 Å². The van der Waals surface area contributed by atoms with Crippen LogP contribution in [0.1, 0.15) is 36.7 Å². The summed E-state index contributed by atoms with van der Waals surface area (Å²) in [7, 11) is 0. The Morgan fingerprint density at radius 3 is 2.29 bits per heavy atom. The van der Waals surface area contributed by atoms with Gasteiger partial charge in [-0.2, -0.15) is 0 Å². The molecule has 7 heteroatoms. The van der Waals surface area contributed by atoms with Gasteiger partial charge in [-0.1, -0.05) is 20.8 Å². The number of carboxylic acid groups (broad SMARTS) is 1. The third kappa shape index (κ3) is 4.27. The lowest BCUT2D eigenvalue weighted by Crippen LogP contribution is -2.49. The van der Waals surface area contributed by atoms with Gasteiger partial charge in [0, 0.05) is 17.7 Å². The number of carbonyl (C=O) groups excluding carboxylic acids is 1. The van der Waals surface area contributed by atoms with E-state index in [2.05, 4.69) is 5.32 Å². The second-order valence-corrected chi connectivity index (χ2v) is 5.93. The Labute approximate surface area is 122 Å². The maximum atomic E-state index is 12.1. The number of hydrogen-bond acceptors (Lipinski definition) is 4. The molecule has 1 aromatic carbocycles. The van der Waals surface area contributed by atoms with Crippen LogP contribution >= 0.6 is 0 Å². The van der Waals surface area contributed by atoms with Crippen molar-refractivity contribution < 1.29 is 19.6 Å². The van der Waals surface area contributed by atoms with Crippen LogP contribution in [0, 0.1) is 22.5 Å². The molecular formula is C14H18N2O5. The van der Waals surface area contributed by atoms with Gasteiger partial charge in [-0.3, -0.25) is 14.9 Å². The molecule has 0 saturated heterocycles. The Morgan fingerprint density at radius 2 is 1.86 bits per heavy atom. The summed E-state index contributed by atoms with van der Waals surface area (Å²) < 4.78 is 0. The Bertz CT molecular complexity index is 590. The molecule has 1 rings (SSSR count). The number of non-ortho nitro benzene ring substituents is 1. The van der Waals surface area contributed by atoms with Crippen molar-refractivity contribution in [3.63, 3.8) is 0 Å². The maximum Gasteiger partial charge on any atom is 0.326 e. The summed E-state index contributed by atoms with van der Waals surface area (Å²) in [6.45, 7) is 6.68. The second kappa shape index (κ2) is 5.90. The van der Waals surface area contributed by atoms with Gasteiger partial charge in [-0.25, -0.2) is 4.79 Å². The van der Waals surface area contributed by atoms with Crippen molar-refractivity contribution in [1.82, 2.24) is 5.32 Å². The normalized spacial score (nSPS) is 12.6. The fourth-order valence-electron chi connectivity index (χ4n) is 1.86. The number of aliphatic carboxylic acids is 1. The summed E-state index contributed by atoms with van der Waals surface area (Å²) in [6, 6.07) is 2.85. The molecule has 114 valence electrons. The van der Waals surface area contributed by atoms with Gasteiger partial charge in [0.1, 0.15) is 6.04 Å². The van der Waals surface area contributed by atoms with E-state index in [1.54, 1.807) is 27.7 Å². The smallest absolute Gasteiger partial charge is 0.326 e. The highest BCUT2D eigenvalue weighted by Gasteiger charge is 2.33. The number of rotatable bonds is 4. The van der Waals surface area contributed by atoms with Gasteiger partial charge in [-0.15, -0.1) is 0 Å². The topological polar surface area (TPSA) is 110 Å². The zero-order valence-corrected chi connectivity index (χ0v) is 12.3. The molecule has 2 N–H and O–H groups in total. The Kier molecular flexibility index (Phi) is 4.67. The number of carboxylic acids is 1. The lowest BCUT2D eigenvalue weighted by molar-refractivity contribution is -0.384. The highest BCUT2D eigenvalue weighted by molar-refractivity contribution is 5.97. The Balaban J connectivity index is 3.09. The molecule has 7 nitrogen and oxygen atoms in total. The van der Waals surface area contributed by atoms with Crippen molar-refractivity contribution in [2.24, 2.45) is 5.41 Å². The largest absolute Gasteiger partial charge is 0.480 e. The van der Waals surface area contributed by atoms with Crippen LogP contribution in [-0.4, -0.2) is 27.9 Å². The average molecular weight is 294 g/mol. The molecule has 0 aliphatic carbocycles. The predicted octanol–water partition coefficient (Wildman–Crippen LogP) is 2.13. The van der Waals surface area contributed by atoms with Gasteiger partial charge in [0.05, 0.1) is 4.92 Å². The fraction of sp³-hybridized carbons (Fsp3) is 0.429. The number of amides is 1. The van der Waals surface area contributed by atoms with Crippen LogP contribution in [0.2, 0.25) is 0 Å².